The lowest BCUT2D eigenvalue weighted by atomic mass is 10.3. The molecule has 3 nitrogen and oxygen atoms in total. The summed E-state index contributed by atoms with van der Waals surface area (Å²) in [5, 5.41) is 1.67. The molecule has 0 aliphatic heterocycles. The maximum atomic E-state index is 11.2. The summed E-state index contributed by atoms with van der Waals surface area (Å²) in [6, 6.07) is 7.02. The molecule has 1 rings (SSSR count). The standard InChI is InChI=1S/C10H12ClNO2/c1-3-10(13)12(2)14-9-7-5-4-6-8(9)11/h4-7H,3H2,1-2H3. The van der Waals surface area contributed by atoms with E-state index in [1.807, 2.05) is 0 Å². The molecule has 1 aromatic carbocycles. The zero-order chi connectivity index (χ0) is 10.6. The molecule has 0 aliphatic rings. The highest BCUT2D eigenvalue weighted by molar-refractivity contribution is 6.32. The van der Waals surface area contributed by atoms with Crippen molar-refractivity contribution in [3.8, 4) is 5.75 Å². The molecule has 0 spiro atoms. The van der Waals surface area contributed by atoms with Crippen molar-refractivity contribution in [2.75, 3.05) is 7.05 Å². The van der Waals surface area contributed by atoms with Gasteiger partial charge in [-0.25, -0.2) is 0 Å². The largest absolute Gasteiger partial charge is 0.376 e. The lowest BCUT2D eigenvalue weighted by Crippen LogP contribution is -2.29. The van der Waals surface area contributed by atoms with Gasteiger partial charge in [0.25, 0.3) is 5.91 Å². The zero-order valence-electron chi connectivity index (χ0n) is 8.16. The van der Waals surface area contributed by atoms with Gasteiger partial charge in [-0.3, -0.25) is 4.79 Å². The molecule has 0 unspecified atom stereocenters. The van der Waals surface area contributed by atoms with Gasteiger partial charge in [-0.1, -0.05) is 30.7 Å². The zero-order valence-corrected chi connectivity index (χ0v) is 8.91. The highest BCUT2D eigenvalue weighted by atomic mass is 35.5. The van der Waals surface area contributed by atoms with Crippen molar-refractivity contribution >= 4 is 17.5 Å². The molecule has 0 heterocycles. The quantitative estimate of drug-likeness (QED) is 0.722. The van der Waals surface area contributed by atoms with E-state index in [1.54, 1.807) is 38.2 Å². The summed E-state index contributed by atoms with van der Waals surface area (Å²) in [7, 11) is 1.56. The summed E-state index contributed by atoms with van der Waals surface area (Å²) >= 11 is 5.85. The van der Waals surface area contributed by atoms with Crippen molar-refractivity contribution in [3.63, 3.8) is 0 Å². The molecular formula is C10H12ClNO2. The lowest BCUT2D eigenvalue weighted by molar-refractivity contribution is -0.152. The number of carbonyl (C=O) groups excluding carboxylic acids is 1. The second kappa shape index (κ2) is 4.86. The van der Waals surface area contributed by atoms with E-state index in [0.29, 0.717) is 17.2 Å². The van der Waals surface area contributed by atoms with Crippen LogP contribution in [-0.2, 0) is 4.79 Å². The number of rotatable bonds is 3. The third kappa shape index (κ3) is 2.64. The first-order valence-corrected chi connectivity index (χ1v) is 4.72. The normalized spacial score (nSPS) is 9.64. The number of benzene rings is 1. The molecular weight excluding hydrogens is 202 g/mol. The van der Waals surface area contributed by atoms with E-state index in [4.69, 9.17) is 16.4 Å². The monoisotopic (exact) mass is 213 g/mol. The van der Waals surface area contributed by atoms with Gasteiger partial charge in [-0.05, 0) is 12.1 Å². The van der Waals surface area contributed by atoms with E-state index in [-0.39, 0.29) is 5.91 Å². The van der Waals surface area contributed by atoms with Crippen LogP contribution in [0.1, 0.15) is 13.3 Å². The van der Waals surface area contributed by atoms with Gasteiger partial charge < -0.3 is 4.84 Å². The number of amides is 1. The van der Waals surface area contributed by atoms with Crippen LogP contribution in [0.3, 0.4) is 0 Å². The van der Waals surface area contributed by atoms with Gasteiger partial charge in [-0.2, -0.15) is 5.06 Å². The SMILES string of the molecule is CCC(=O)N(C)Oc1ccccc1Cl. The Morgan fingerprint density at radius 1 is 1.50 bits per heavy atom. The molecule has 76 valence electrons. The average Bonchev–Trinajstić information content (AvgIpc) is 2.20. The fourth-order valence-electron chi connectivity index (χ4n) is 0.940. The number of hydrogen-bond acceptors (Lipinski definition) is 2. The summed E-state index contributed by atoms with van der Waals surface area (Å²) in [5.74, 6) is 0.392. The second-order valence-corrected chi connectivity index (χ2v) is 3.17. The lowest BCUT2D eigenvalue weighted by Gasteiger charge is -2.17. The Balaban J connectivity index is 2.69. The van der Waals surface area contributed by atoms with Crippen LogP contribution in [0.25, 0.3) is 0 Å². The van der Waals surface area contributed by atoms with Crippen molar-refractivity contribution in [2.24, 2.45) is 0 Å². The third-order valence-corrected chi connectivity index (χ3v) is 2.04. The molecule has 1 amide bonds. The molecule has 0 fully saturated rings. The van der Waals surface area contributed by atoms with Crippen molar-refractivity contribution in [3.05, 3.63) is 29.3 Å². The molecule has 0 saturated heterocycles. The Bertz CT molecular complexity index is 328. The third-order valence-electron chi connectivity index (χ3n) is 1.73. The molecule has 0 radical (unpaired) electrons. The van der Waals surface area contributed by atoms with Crippen molar-refractivity contribution in [2.45, 2.75) is 13.3 Å². The van der Waals surface area contributed by atoms with Crippen LogP contribution in [-0.4, -0.2) is 18.0 Å². The van der Waals surface area contributed by atoms with Crippen LogP contribution >= 0.6 is 11.6 Å². The van der Waals surface area contributed by atoms with Crippen LogP contribution in [0.5, 0.6) is 5.75 Å². The molecule has 1 aromatic rings. The Kier molecular flexibility index (Phi) is 3.77. The molecule has 0 N–H and O–H groups in total. The van der Waals surface area contributed by atoms with Gasteiger partial charge in [0, 0.05) is 13.5 Å². The molecule has 0 aliphatic carbocycles. The van der Waals surface area contributed by atoms with Gasteiger partial charge in [-0.15, -0.1) is 0 Å². The summed E-state index contributed by atoms with van der Waals surface area (Å²) in [5.41, 5.74) is 0. The smallest absolute Gasteiger partial charge is 0.254 e. The predicted octanol–water partition coefficient (Wildman–Crippen LogP) is 2.50. The average molecular weight is 214 g/mol. The van der Waals surface area contributed by atoms with Crippen molar-refractivity contribution in [1.82, 2.24) is 5.06 Å². The highest BCUT2D eigenvalue weighted by Crippen LogP contribution is 2.23. The van der Waals surface area contributed by atoms with Crippen LogP contribution in [0.15, 0.2) is 24.3 Å². The van der Waals surface area contributed by atoms with E-state index in [0.717, 1.165) is 0 Å². The van der Waals surface area contributed by atoms with Crippen LogP contribution in [0.2, 0.25) is 5.02 Å². The summed E-state index contributed by atoms with van der Waals surface area (Å²) in [4.78, 5) is 16.4. The van der Waals surface area contributed by atoms with E-state index >= 15 is 0 Å². The molecule has 0 aromatic heterocycles. The van der Waals surface area contributed by atoms with Crippen LogP contribution in [0.4, 0.5) is 0 Å². The minimum absolute atomic E-state index is 0.0927. The summed E-state index contributed by atoms with van der Waals surface area (Å²) < 4.78 is 0. The van der Waals surface area contributed by atoms with E-state index in [1.165, 1.54) is 5.06 Å². The number of nitrogens with zero attached hydrogens (tertiary/aromatic N) is 1. The Labute approximate surface area is 88.2 Å². The van der Waals surface area contributed by atoms with Crippen LogP contribution < -0.4 is 4.84 Å². The highest BCUT2D eigenvalue weighted by Gasteiger charge is 2.09. The van der Waals surface area contributed by atoms with E-state index < -0.39 is 0 Å². The predicted molar refractivity (Wildman–Crippen MR) is 55.1 cm³/mol. The van der Waals surface area contributed by atoms with Gasteiger partial charge >= 0.3 is 0 Å². The Morgan fingerprint density at radius 2 is 2.14 bits per heavy atom. The summed E-state index contributed by atoms with van der Waals surface area (Å²) in [6.45, 7) is 1.77. The Morgan fingerprint density at radius 3 is 2.71 bits per heavy atom. The molecule has 14 heavy (non-hydrogen) atoms. The fourth-order valence-corrected chi connectivity index (χ4v) is 1.11. The van der Waals surface area contributed by atoms with E-state index in [9.17, 15) is 4.79 Å². The number of hydrogen-bond donors (Lipinski definition) is 0. The van der Waals surface area contributed by atoms with E-state index in [2.05, 4.69) is 0 Å². The Hall–Kier alpha value is -1.22. The molecule has 0 atom stereocenters. The molecule has 4 heteroatoms. The van der Waals surface area contributed by atoms with Crippen LogP contribution in [0, 0.1) is 0 Å². The fraction of sp³-hybridized carbons (Fsp3) is 0.300. The molecule has 0 bridgehead atoms. The van der Waals surface area contributed by atoms with Gasteiger partial charge in [0.05, 0.1) is 5.02 Å². The maximum absolute atomic E-state index is 11.2. The van der Waals surface area contributed by atoms with Gasteiger partial charge in [0.2, 0.25) is 0 Å². The number of hydroxylamine groups is 2. The summed E-state index contributed by atoms with van der Waals surface area (Å²) in [6.07, 6.45) is 0.404. The first-order valence-electron chi connectivity index (χ1n) is 4.34. The number of carbonyl (C=O) groups is 1. The topological polar surface area (TPSA) is 29.5 Å². The second-order valence-electron chi connectivity index (χ2n) is 2.77. The first kappa shape index (κ1) is 10.9. The minimum Gasteiger partial charge on any atom is -0.376 e. The van der Waals surface area contributed by atoms with Crippen molar-refractivity contribution < 1.29 is 9.63 Å². The number of para-hydroxylation sites is 1. The minimum atomic E-state index is -0.0927. The number of halogens is 1. The maximum Gasteiger partial charge on any atom is 0.254 e. The first-order chi connectivity index (χ1) is 6.65. The van der Waals surface area contributed by atoms with Gasteiger partial charge in [0.1, 0.15) is 0 Å². The molecule has 0 saturated carbocycles. The van der Waals surface area contributed by atoms with Crippen molar-refractivity contribution in [1.29, 1.82) is 0 Å². The van der Waals surface area contributed by atoms with Gasteiger partial charge in [0.15, 0.2) is 5.75 Å².